The zero-order valence-electron chi connectivity index (χ0n) is 3.78. The molecule has 0 saturated heterocycles. The van der Waals surface area contributed by atoms with Crippen LogP contribution in [0, 0.1) is 0 Å². The number of hydrogen-bond donors (Lipinski definition) is 0. The van der Waals surface area contributed by atoms with E-state index in [1.165, 1.54) is 0 Å². The van der Waals surface area contributed by atoms with Crippen molar-refractivity contribution < 1.29 is 24.6 Å². The van der Waals surface area contributed by atoms with Crippen LogP contribution in [0.4, 0.5) is 0 Å². The predicted octanol–water partition coefficient (Wildman–Crippen LogP) is -1.72. The Morgan fingerprint density at radius 1 is 1.25 bits per heavy atom. The minimum absolute atomic E-state index is 0. The van der Waals surface area contributed by atoms with E-state index in [1.54, 1.807) is 0 Å². The Hall–Kier alpha value is 2.79. The molecule has 0 saturated carbocycles. The van der Waals surface area contributed by atoms with Gasteiger partial charge in [0.05, 0.1) is 0 Å². The Morgan fingerprint density at radius 3 is 1.25 bits per heavy atom. The van der Waals surface area contributed by atoms with Crippen LogP contribution in [-0.2, 0) is 21.7 Å². The van der Waals surface area contributed by atoms with Crippen molar-refractivity contribution in [2.45, 2.75) is 0 Å². The maximum Gasteiger partial charge on any atom is 2.00 e. The minimum Gasteiger partial charge on any atom is -1.00 e. The van der Waals surface area contributed by atoms with Crippen LogP contribution in [-0.4, -0.2) is 71.3 Å². The molecule has 0 amide bonds. The number of rotatable bonds is 0. The molecule has 0 fully saturated rings. The van der Waals surface area contributed by atoms with Crippen molar-refractivity contribution in [2.75, 3.05) is 0 Å². The fraction of sp³-hybridized carbons (Fsp3) is 0. The van der Waals surface area contributed by atoms with E-state index in [0.717, 1.165) is 0 Å². The maximum atomic E-state index is 0. The molecule has 0 N–H and O–H groups in total. The molecule has 0 aliphatic rings. The fourth-order valence-electron chi connectivity index (χ4n) is 0. The van der Waals surface area contributed by atoms with E-state index in [0.29, 0.717) is 0 Å². The molecule has 0 aliphatic heterocycles. The second-order valence-electron chi connectivity index (χ2n) is 0. The molecule has 0 aromatic rings. The standard InChI is InChI=1S/Al.B.Sr.Ti.5H/q;;+2;;;;;2*-1. The normalized spacial score (nSPS) is 0. The molecular formula is H5AlBSrTi. The summed E-state index contributed by atoms with van der Waals surface area (Å²) in [5, 5.41) is 0. The summed E-state index contributed by atoms with van der Waals surface area (Å²) in [6, 6.07) is 0. The third kappa shape index (κ3) is 8.84. The van der Waals surface area contributed by atoms with Crippen molar-refractivity contribution >= 4 is 71.3 Å². The third-order valence-corrected chi connectivity index (χ3v) is 0. The molecule has 17 valence electrons. The van der Waals surface area contributed by atoms with Gasteiger partial charge in [-0.2, -0.15) is 0 Å². The van der Waals surface area contributed by atoms with E-state index in [9.17, 15) is 0 Å². The Balaban J connectivity index is 0. The Bertz CT molecular complexity index is 13.5. The van der Waals surface area contributed by atoms with Crippen LogP contribution in [0.15, 0.2) is 0 Å². The van der Waals surface area contributed by atoms with Gasteiger partial charge >= 0.3 is 45.5 Å². The second-order valence-corrected chi connectivity index (χ2v) is 0. The van der Waals surface area contributed by atoms with Crippen LogP contribution in [0.5, 0.6) is 0 Å². The molecule has 4 heteroatoms. The molecule has 0 nitrogen and oxygen atoms in total. The van der Waals surface area contributed by atoms with Gasteiger partial charge in [0.15, 0.2) is 17.4 Å². The van der Waals surface area contributed by atoms with Gasteiger partial charge in [0, 0.05) is 30.1 Å². The molecule has 0 aromatic carbocycles. The maximum absolute atomic E-state index is 0. The summed E-state index contributed by atoms with van der Waals surface area (Å²) in [5.41, 5.74) is 0. The van der Waals surface area contributed by atoms with Crippen molar-refractivity contribution in [3.05, 3.63) is 0 Å². The van der Waals surface area contributed by atoms with Crippen molar-refractivity contribution in [1.82, 2.24) is 0 Å². The molecule has 0 unspecified atom stereocenters. The van der Waals surface area contributed by atoms with Crippen LogP contribution in [0.3, 0.4) is 0 Å². The molecule has 4 heavy (non-hydrogen) atoms. The molecule has 0 rings (SSSR count). The second kappa shape index (κ2) is 17.1. The minimum atomic E-state index is 0. The van der Waals surface area contributed by atoms with E-state index in [-0.39, 0.29) is 95.8 Å². The van der Waals surface area contributed by atoms with Crippen LogP contribution in [0.25, 0.3) is 0 Å². The zero-order valence-corrected chi connectivity index (χ0v) is 6.82. The third-order valence-electron chi connectivity index (χ3n) is 0. The van der Waals surface area contributed by atoms with Gasteiger partial charge in [-0.3, -0.25) is 0 Å². The summed E-state index contributed by atoms with van der Waals surface area (Å²) in [6.07, 6.45) is 0. The first-order chi connectivity index (χ1) is 0. The molecule has 0 bridgehead atoms. The van der Waals surface area contributed by atoms with Gasteiger partial charge in [-0.25, -0.2) is 0 Å². The summed E-state index contributed by atoms with van der Waals surface area (Å²) in [7, 11) is 0. The zero-order chi connectivity index (χ0) is 0. The molecule has 0 aromatic heterocycles. The molecule has 0 atom stereocenters. The first kappa shape index (κ1) is 29.2. The number of hydrogen-bond acceptors (Lipinski definition) is 0. The van der Waals surface area contributed by atoms with E-state index >= 15 is 0 Å². The van der Waals surface area contributed by atoms with Gasteiger partial charge in [-0.1, -0.05) is 0 Å². The molecule has 0 aliphatic carbocycles. The van der Waals surface area contributed by atoms with Crippen LogP contribution in [0.1, 0.15) is 2.85 Å². The van der Waals surface area contributed by atoms with E-state index in [2.05, 4.69) is 0 Å². The van der Waals surface area contributed by atoms with Gasteiger partial charge in [-0.15, -0.1) is 0 Å². The molecule has 0 spiro atoms. The summed E-state index contributed by atoms with van der Waals surface area (Å²) < 4.78 is 0. The molecular weight excluding hydrogens is 173 g/mol. The monoisotopic (exact) mass is 179 g/mol. The van der Waals surface area contributed by atoms with E-state index < -0.39 is 0 Å². The van der Waals surface area contributed by atoms with E-state index in [1.807, 2.05) is 0 Å². The fourth-order valence-corrected chi connectivity index (χ4v) is 0. The smallest absolute Gasteiger partial charge is 1.00 e. The molecule has 3 radical (unpaired) electrons. The molecule has 0 heterocycles. The van der Waals surface area contributed by atoms with Gasteiger partial charge in [0.1, 0.15) is 0 Å². The van der Waals surface area contributed by atoms with Crippen LogP contribution in [0.2, 0.25) is 0 Å². The average molecular weight is 178 g/mol. The van der Waals surface area contributed by atoms with Crippen molar-refractivity contribution in [3.63, 3.8) is 0 Å². The predicted molar refractivity (Wildman–Crippen MR) is 23.7 cm³/mol. The van der Waals surface area contributed by atoms with Gasteiger partial charge in [-0.05, 0) is 0 Å². The van der Waals surface area contributed by atoms with E-state index in [4.69, 9.17) is 0 Å². The quantitative estimate of drug-likeness (QED) is 0.387. The summed E-state index contributed by atoms with van der Waals surface area (Å²) in [4.78, 5) is 0. The topological polar surface area (TPSA) is 0 Å². The summed E-state index contributed by atoms with van der Waals surface area (Å²) in [6.45, 7) is 0. The first-order valence-electron chi connectivity index (χ1n) is 0. The largest absolute Gasteiger partial charge is 2.00 e. The Kier molecular flexibility index (Phi) is 125. The summed E-state index contributed by atoms with van der Waals surface area (Å²) >= 11 is 0. The Labute approximate surface area is 93.9 Å². The summed E-state index contributed by atoms with van der Waals surface area (Å²) in [5.74, 6) is 0. The van der Waals surface area contributed by atoms with Crippen LogP contribution >= 0.6 is 0 Å². The van der Waals surface area contributed by atoms with Gasteiger partial charge in [0.25, 0.3) is 0 Å². The van der Waals surface area contributed by atoms with Crippen molar-refractivity contribution in [2.24, 2.45) is 0 Å². The van der Waals surface area contributed by atoms with Crippen LogP contribution < -0.4 is 0 Å². The van der Waals surface area contributed by atoms with Crippen molar-refractivity contribution in [3.8, 4) is 0 Å². The average Bonchev–Trinajstić information content (AvgIpc) is 0. The van der Waals surface area contributed by atoms with Gasteiger partial charge < -0.3 is 2.85 Å². The van der Waals surface area contributed by atoms with Crippen molar-refractivity contribution in [1.29, 1.82) is 0 Å². The first-order valence-corrected chi connectivity index (χ1v) is 0. The SMILES string of the molecule is [AlH3].[B].[H-].[H-].[Sr+2].[Ti]. The van der Waals surface area contributed by atoms with Gasteiger partial charge in [0.2, 0.25) is 0 Å². The Morgan fingerprint density at radius 2 is 1.25 bits per heavy atom.